The van der Waals surface area contributed by atoms with Gasteiger partial charge in [-0.1, -0.05) is 0 Å². The van der Waals surface area contributed by atoms with Gasteiger partial charge in [-0.25, -0.2) is 4.98 Å². The molecular weight excluding hydrogens is 214 g/mol. The average molecular weight is 225 g/mol. The van der Waals surface area contributed by atoms with Gasteiger partial charge >= 0.3 is 0 Å². The fraction of sp³-hybridized carbons (Fsp3) is 0.0769. The maximum atomic E-state index is 5.36. The maximum Gasteiger partial charge on any atom is 0.176 e. The predicted octanol–water partition coefficient (Wildman–Crippen LogP) is 2.59. The number of nitrogens with zero attached hydrogens (tertiary/aromatic N) is 3. The molecule has 3 heterocycles. The Morgan fingerprint density at radius 1 is 1.12 bits per heavy atom. The van der Waals surface area contributed by atoms with E-state index in [2.05, 4.69) is 9.97 Å². The number of rotatable bonds is 3. The fourth-order valence-corrected chi connectivity index (χ4v) is 1.75. The Hall–Kier alpha value is -2.36. The van der Waals surface area contributed by atoms with Crippen LogP contribution in [-0.2, 0) is 6.54 Å². The molecule has 0 unspecified atom stereocenters. The van der Waals surface area contributed by atoms with Crippen molar-refractivity contribution in [3.8, 4) is 11.6 Å². The lowest BCUT2D eigenvalue weighted by Crippen LogP contribution is -2.00. The monoisotopic (exact) mass is 225 g/mol. The molecule has 0 aliphatic rings. The zero-order valence-electron chi connectivity index (χ0n) is 9.15. The predicted molar refractivity (Wildman–Crippen MR) is 63.3 cm³/mol. The largest absolute Gasteiger partial charge is 0.461 e. The molecule has 3 aromatic heterocycles. The van der Waals surface area contributed by atoms with Crippen LogP contribution in [0.5, 0.6) is 0 Å². The third-order valence-electron chi connectivity index (χ3n) is 2.56. The van der Waals surface area contributed by atoms with E-state index in [4.69, 9.17) is 4.42 Å². The first-order valence-electron chi connectivity index (χ1n) is 5.37. The van der Waals surface area contributed by atoms with E-state index < -0.39 is 0 Å². The number of aromatic nitrogens is 3. The number of hydrogen-bond acceptors (Lipinski definition) is 3. The summed E-state index contributed by atoms with van der Waals surface area (Å²) in [4.78, 5) is 8.31. The topological polar surface area (TPSA) is 43.9 Å². The first-order valence-corrected chi connectivity index (χ1v) is 5.37. The van der Waals surface area contributed by atoms with Gasteiger partial charge < -0.3 is 8.98 Å². The number of hydrogen-bond donors (Lipinski definition) is 0. The fourth-order valence-electron chi connectivity index (χ4n) is 1.75. The van der Waals surface area contributed by atoms with Gasteiger partial charge in [0.25, 0.3) is 0 Å². The molecule has 0 fully saturated rings. The molecule has 4 heteroatoms. The van der Waals surface area contributed by atoms with Crippen LogP contribution < -0.4 is 0 Å². The number of furan rings is 1. The molecule has 84 valence electrons. The highest BCUT2D eigenvalue weighted by Gasteiger charge is 2.08. The summed E-state index contributed by atoms with van der Waals surface area (Å²) in [6.07, 6.45) is 8.95. The molecule has 0 saturated heterocycles. The van der Waals surface area contributed by atoms with Gasteiger partial charge in [-0.3, -0.25) is 4.98 Å². The van der Waals surface area contributed by atoms with Crippen molar-refractivity contribution in [2.75, 3.05) is 0 Å². The van der Waals surface area contributed by atoms with Gasteiger partial charge in [0.2, 0.25) is 0 Å². The molecule has 0 aliphatic carbocycles. The summed E-state index contributed by atoms with van der Waals surface area (Å²) >= 11 is 0. The zero-order chi connectivity index (χ0) is 11.5. The van der Waals surface area contributed by atoms with Crippen LogP contribution in [0.3, 0.4) is 0 Å². The molecule has 17 heavy (non-hydrogen) atoms. The van der Waals surface area contributed by atoms with E-state index in [-0.39, 0.29) is 0 Å². The van der Waals surface area contributed by atoms with Gasteiger partial charge in [-0.2, -0.15) is 0 Å². The van der Waals surface area contributed by atoms with E-state index in [0.717, 1.165) is 18.1 Å². The van der Waals surface area contributed by atoms with Crippen molar-refractivity contribution in [2.45, 2.75) is 6.54 Å². The first kappa shape index (κ1) is 9.84. The summed E-state index contributed by atoms with van der Waals surface area (Å²) in [6, 6.07) is 7.75. The lowest BCUT2D eigenvalue weighted by atomic mass is 10.2. The summed E-state index contributed by atoms with van der Waals surface area (Å²) in [5.41, 5.74) is 1.19. The van der Waals surface area contributed by atoms with Crippen molar-refractivity contribution in [1.82, 2.24) is 14.5 Å². The summed E-state index contributed by atoms with van der Waals surface area (Å²) < 4.78 is 7.41. The molecule has 0 bridgehead atoms. The molecule has 0 atom stereocenters. The van der Waals surface area contributed by atoms with Crippen LogP contribution in [0, 0.1) is 0 Å². The molecule has 3 aromatic rings. The Morgan fingerprint density at radius 2 is 2.00 bits per heavy atom. The molecule has 3 rings (SSSR count). The Morgan fingerprint density at radius 3 is 2.76 bits per heavy atom. The molecule has 0 radical (unpaired) electrons. The van der Waals surface area contributed by atoms with Gasteiger partial charge in [-0.15, -0.1) is 0 Å². The molecular formula is C13H11N3O. The summed E-state index contributed by atoms with van der Waals surface area (Å²) in [7, 11) is 0. The van der Waals surface area contributed by atoms with Crippen LogP contribution >= 0.6 is 0 Å². The van der Waals surface area contributed by atoms with Crippen molar-refractivity contribution in [2.24, 2.45) is 0 Å². The van der Waals surface area contributed by atoms with Gasteiger partial charge in [0.05, 0.1) is 6.26 Å². The molecule has 0 saturated carbocycles. The second-order valence-corrected chi connectivity index (χ2v) is 3.71. The Bertz CT molecular complexity index is 584. The number of pyridine rings is 1. The molecule has 0 spiro atoms. The Kier molecular flexibility index (Phi) is 2.46. The van der Waals surface area contributed by atoms with E-state index >= 15 is 0 Å². The molecule has 0 N–H and O–H groups in total. The SMILES string of the molecule is c1coc(-c2nccn2Cc2ccncc2)c1. The Balaban J connectivity index is 1.92. The van der Waals surface area contributed by atoms with Crippen molar-refractivity contribution in [3.63, 3.8) is 0 Å². The van der Waals surface area contributed by atoms with Crippen LogP contribution in [-0.4, -0.2) is 14.5 Å². The second-order valence-electron chi connectivity index (χ2n) is 3.71. The van der Waals surface area contributed by atoms with Crippen LogP contribution in [0.1, 0.15) is 5.56 Å². The highest BCUT2D eigenvalue weighted by Crippen LogP contribution is 2.18. The van der Waals surface area contributed by atoms with Gasteiger partial charge in [0.15, 0.2) is 11.6 Å². The lowest BCUT2D eigenvalue weighted by Gasteiger charge is -2.05. The zero-order valence-corrected chi connectivity index (χ0v) is 9.15. The van der Waals surface area contributed by atoms with Crippen LogP contribution in [0.25, 0.3) is 11.6 Å². The standard InChI is InChI=1S/C13H11N3O/c1-2-12(17-9-1)13-15-7-8-16(13)10-11-3-5-14-6-4-11/h1-9H,10H2. The minimum absolute atomic E-state index is 0.762. The van der Waals surface area contributed by atoms with Gasteiger partial charge in [0, 0.05) is 31.3 Å². The number of imidazole rings is 1. The normalized spacial score (nSPS) is 10.6. The van der Waals surface area contributed by atoms with Crippen LogP contribution in [0.2, 0.25) is 0 Å². The van der Waals surface area contributed by atoms with Crippen molar-refractivity contribution < 1.29 is 4.42 Å². The third kappa shape index (κ3) is 1.97. The highest BCUT2D eigenvalue weighted by molar-refractivity contribution is 5.47. The van der Waals surface area contributed by atoms with E-state index in [1.807, 2.05) is 35.0 Å². The van der Waals surface area contributed by atoms with E-state index in [9.17, 15) is 0 Å². The van der Waals surface area contributed by atoms with E-state index in [1.54, 1.807) is 24.9 Å². The average Bonchev–Trinajstić information content (AvgIpc) is 3.00. The first-order chi connectivity index (χ1) is 8.43. The molecule has 0 aromatic carbocycles. The minimum Gasteiger partial charge on any atom is -0.461 e. The van der Waals surface area contributed by atoms with E-state index in [1.165, 1.54) is 5.56 Å². The van der Waals surface area contributed by atoms with E-state index in [0.29, 0.717) is 0 Å². The smallest absolute Gasteiger partial charge is 0.176 e. The van der Waals surface area contributed by atoms with Crippen LogP contribution in [0.4, 0.5) is 0 Å². The highest BCUT2D eigenvalue weighted by atomic mass is 16.3. The van der Waals surface area contributed by atoms with Gasteiger partial charge in [0.1, 0.15) is 0 Å². The quantitative estimate of drug-likeness (QED) is 0.688. The summed E-state index contributed by atoms with van der Waals surface area (Å²) in [5.74, 6) is 1.62. The second kappa shape index (κ2) is 4.25. The summed E-state index contributed by atoms with van der Waals surface area (Å²) in [6.45, 7) is 0.762. The maximum absolute atomic E-state index is 5.36. The summed E-state index contributed by atoms with van der Waals surface area (Å²) in [5, 5.41) is 0. The third-order valence-corrected chi connectivity index (χ3v) is 2.56. The molecule has 0 aliphatic heterocycles. The molecule has 4 nitrogen and oxygen atoms in total. The molecule has 0 amide bonds. The minimum atomic E-state index is 0.762. The van der Waals surface area contributed by atoms with Crippen molar-refractivity contribution in [1.29, 1.82) is 0 Å². The van der Waals surface area contributed by atoms with Crippen molar-refractivity contribution >= 4 is 0 Å². The van der Waals surface area contributed by atoms with Crippen molar-refractivity contribution in [3.05, 3.63) is 60.9 Å². The van der Waals surface area contributed by atoms with Gasteiger partial charge in [-0.05, 0) is 29.8 Å². The lowest BCUT2D eigenvalue weighted by molar-refractivity contribution is 0.571. The van der Waals surface area contributed by atoms with Crippen LogP contribution in [0.15, 0.2) is 59.7 Å². The Labute approximate surface area is 98.6 Å².